The molecule has 0 saturated carbocycles. The summed E-state index contributed by atoms with van der Waals surface area (Å²) in [6, 6.07) is 14.6. The van der Waals surface area contributed by atoms with E-state index in [4.69, 9.17) is 32.7 Å². The molecule has 0 aliphatic heterocycles. The molecule has 9 heteroatoms. The minimum atomic E-state index is -1.26. The standard InChI is InChI=1S/C25H20Cl2FNO4.Na/c1-32-13-17-12-29(22-4-2-3-20(24(17)22)25(30)31)11-16-9-18(26)7-8-23(16)33-14-15-5-6-19(27)10-21(15)28;/h2-10,12H,11,13-14H2,1H3,(H,30,31);/q;+1/p-1. The van der Waals surface area contributed by atoms with Crippen molar-refractivity contribution in [2.24, 2.45) is 0 Å². The molecule has 0 saturated heterocycles. The maximum Gasteiger partial charge on any atom is 1.00 e. The normalized spacial score (nSPS) is 10.8. The summed E-state index contributed by atoms with van der Waals surface area (Å²) in [5, 5.41) is 13.1. The van der Waals surface area contributed by atoms with Crippen LogP contribution in [0.15, 0.2) is 60.8 Å². The molecule has 0 spiro atoms. The number of halogens is 3. The number of ether oxygens (including phenoxy) is 2. The molecule has 4 aromatic rings. The van der Waals surface area contributed by atoms with Crippen LogP contribution in [-0.4, -0.2) is 17.6 Å². The molecule has 0 unspecified atom stereocenters. The van der Waals surface area contributed by atoms with E-state index in [9.17, 15) is 14.3 Å². The summed E-state index contributed by atoms with van der Waals surface area (Å²) in [6.07, 6.45) is 1.84. The van der Waals surface area contributed by atoms with E-state index >= 15 is 0 Å². The minimum absolute atomic E-state index is 0. The Morgan fingerprint density at radius 1 is 1.00 bits per heavy atom. The Balaban J connectivity index is 0.00000324. The largest absolute Gasteiger partial charge is 1.00 e. The molecule has 0 atom stereocenters. The van der Waals surface area contributed by atoms with E-state index in [-0.39, 0.29) is 48.3 Å². The van der Waals surface area contributed by atoms with Crippen molar-refractivity contribution in [2.45, 2.75) is 19.8 Å². The van der Waals surface area contributed by atoms with Gasteiger partial charge in [0, 0.05) is 56.5 Å². The molecule has 3 aromatic carbocycles. The molecule has 170 valence electrons. The van der Waals surface area contributed by atoms with Crippen molar-refractivity contribution in [3.8, 4) is 5.75 Å². The first-order chi connectivity index (χ1) is 15.9. The number of carboxylic acids is 1. The molecule has 0 amide bonds. The monoisotopic (exact) mass is 509 g/mol. The molecule has 34 heavy (non-hydrogen) atoms. The number of aromatic carboxylic acids is 1. The van der Waals surface area contributed by atoms with Gasteiger partial charge in [0.1, 0.15) is 18.2 Å². The van der Waals surface area contributed by atoms with Crippen molar-refractivity contribution >= 4 is 40.1 Å². The molecule has 0 bridgehead atoms. The third-order valence-corrected chi connectivity index (χ3v) is 5.74. The first-order valence-corrected chi connectivity index (χ1v) is 10.8. The predicted octanol–water partition coefficient (Wildman–Crippen LogP) is 2.23. The summed E-state index contributed by atoms with van der Waals surface area (Å²) >= 11 is 12.1. The molecule has 4 rings (SSSR count). The summed E-state index contributed by atoms with van der Waals surface area (Å²) in [5.41, 5.74) is 2.64. The van der Waals surface area contributed by atoms with Gasteiger partial charge in [0.25, 0.3) is 0 Å². The summed E-state index contributed by atoms with van der Waals surface area (Å²) in [4.78, 5) is 11.7. The van der Waals surface area contributed by atoms with E-state index in [1.165, 1.54) is 12.1 Å². The van der Waals surface area contributed by atoms with E-state index in [0.717, 1.165) is 11.1 Å². The van der Waals surface area contributed by atoms with Crippen molar-refractivity contribution in [3.63, 3.8) is 0 Å². The molecule has 0 radical (unpaired) electrons. The van der Waals surface area contributed by atoms with Gasteiger partial charge in [0.15, 0.2) is 0 Å². The Kier molecular flexibility index (Phi) is 9.04. The number of carbonyl (C=O) groups excluding carboxylic acids is 1. The molecule has 0 aliphatic rings. The number of hydrogen-bond donors (Lipinski definition) is 0. The van der Waals surface area contributed by atoms with Crippen molar-refractivity contribution in [2.75, 3.05) is 7.11 Å². The Hall–Kier alpha value is -2.06. The van der Waals surface area contributed by atoms with Gasteiger partial charge in [-0.15, -0.1) is 0 Å². The van der Waals surface area contributed by atoms with Gasteiger partial charge in [-0.1, -0.05) is 41.4 Å². The van der Waals surface area contributed by atoms with E-state index in [0.29, 0.717) is 38.8 Å². The number of rotatable bonds is 8. The third-order valence-electron chi connectivity index (χ3n) is 5.27. The topological polar surface area (TPSA) is 63.5 Å². The van der Waals surface area contributed by atoms with Gasteiger partial charge in [-0.25, -0.2) is 4.39 Å². The average Bonchev–Trinajstić information content (AvgIpc) is 3.12. The van der Waals surface area contributed by atoms with Crippen LogP contribution in [-0.2, 0) is 24.5 Å². The maximum atomic E-state index is 14.2. The fourth-order valence-electron chi connectivity index (χ4n) is 3.80. The number of carbonyl (C=O) groups is 1. The van der Waals surface area contributed by atoms with Gasteiger partial charge >= 0.3 is 29.6 Å². The number of fused-ring (bicyclic) bond motifs is 1. The van der Waals surface area contributed by atoms with Crippen LogP contribution in [0.25, 0.3) is 10.9 Å². The molecule has 1 aromatic heterocycles. The van der Waals surface area contributed by atoms with Crippen molar-refractivity contribution in [3.05, 3.63) is 98.9 Å². The quantitative estimate of drug-likeness (QED) is 0.342. The van der Waals surface area contributed by atoms with E-state index in [1.54, 1.807) is 43.5 Å². The molecule has 0 aliphatic carbocycles. The zero-order valence-corrected chi connectivity index (χ0v) is 22.1. The van der Waals surface area contributed by atoms with Gasteiger partial charge < -0.3 is 23.9 Å². The van der Waals surface area contributed by atoms with Crippen LogP contribution in [0, 0.1) is 5.82 Å². The second-order valence-electron chi connectivity index (χ2n) is 7.48. The smallest absolute Gasteiger partial charge is 0.545 e. The Morgan fingerprint density at radius 2 is 1.74 bits per heavy atom. The number of hydrogen-bond acceptors (Lipinski definition) is 4. The Labute approximate surface area is 228 Å². The SMILES string of the molecule is COCc1cn(Cc2cc(Cl)ccc2OCc2ccc(Cl)cc2F)c2cccc(C(=O)[O-])c12.[Na+]. The van der Waals surface area contributed by atoms with Gasteiger partial charge in [0.05, 0.1) is 19.1 Å². The molecule has 0 N–H and O–H groups in total. The van der Waals surface area contributed by atoms with Crippen molar-refractivity contribution in [1.82, 2.24) is 4.57 Å². The van der Waals surface area contributed by atoms with Crippen LogP contribution in [0.1, 0.15) is 27.0 Å². The predicted molar refractivity (Wildman–Crippen MR) is 123 cm³/mol. The van der Waals surface area contributed by atoms with Crippen LogP contribution < -0.4 is 39.4 Å². The Bertz CT molecular complexity index is 1340. The average molecular weight is 510 g/mol. The van der Waals surface area contributed by atoms with Crippen LogP contribution >= 0.6 is 23.2 Å². The molecule has 0 fully saturated rings. The molecular formula is C25H19Cl2FNNaO4. The fourth-order valence-corrected chi connectivity index (χ4v) is 4.15. The summed E-state index contributed by atoms with van der Waals surface area (Å²) in [5.74, 6) is -1.18. The summed E-state index contributed by atoms with van der Waals surface area (Å²) in [7, 11) is 1.55. The first-order valence-electron chi connectivity index (χ1n) is 10.0. The molecule has 1 heterocycles. The molecule has 5 nitrogen and oxygen atoms in total. The van der Waals surface area contributed by atoms with Gasteiger partial charge in [-0.05, 0) is 36.4 Å². The zero-order chi connectivity index (χ0) is 23.5. The number of aromatic nitrogens is 1. The van der Waals surface area contributed by atoms with Gasteiger partial charge in [-0.3, -0.25) is 0 Å². The number of benzene rings is 3. The van der Waals surface area contributed by atoms with Crippen LogP contribution in [0.5, 0.6) is 5.75 Å². The summed E-state index contributed by atoms with van der Waals surface area (Å²) in [6.45, 7) is 0.589. The number of carboxylic acid groups (broad SMARTS) is 1. The van der Waals surface area contributed by atoms with Gasteiger partial charge in [0.2, 0.25) is 0 Å². The number of methoxy groups -OCH3 is 1. The second kappa shape index (κ2) is 11.6. The van der Waals surface area contributed by atoms with E-state index < -0.39 is 11.8 Å². The van der Waals surface area contributed by atoms with Crippen LogP contribution in [0.4, 0.5) is 4.39 Å². The van der Waals surface area contributed by atoms with Crippen LogP contribution in [0.2, 0.25) is 10.0 Å². The second-order valence-corrected chi connectivity index (χ2v) is 8.35. The first kappa shape index (κ1) is 26.5. The molecular weight excluding hydrogens is 491 g/mol. The fraction of sp³-hybridized carbons (Fsp3) is 0.160. The number of nitrogens with zero attached hydrogens (tertiary/aromatic N) is 1. The summed E-state index contributed by atoms with van der Waals surface area (Å²) < 4.78 is 27.2. The zero-order valence-electron chi connectivity index (χ0n) is 18.6. The van der Waals surface area contributed by atoms with E-state index in [2.05, 4.69) is 0 Å². The third kappa shape index (κ3) is 5.77. The van der Waals surface area contributed by atoms with Gasteiger partial charge in [-0.2, -0.15) is 0 Å². The van der Waals surface area contributed by atoms with Crippen molar-refractivity contribution < 1.29 is 53.3 Å². The van der Waals surface area contributed by atoms with E-state index in [1.807, 2.05) is 16.8 Å². The maximum absolute atomic E-state index is 14.2. The van der Waals surface area contributed by atoms with Crippen LogP contribution in [0.3, 0.4) is 0 Å². The minimum Gasteiger partial charge on any atom is -0.545 e. The Morgan fingerprint density at radius 3 is 2.44 bits per heavy atom. The van der Waals surface area contributed by atoms with Crippen molar-refractivity contribution in [1.29, 1.82) is 0 Å².